The first-order valence-electron chi connectivity index (χ1n) is 27.6. The van der Waals surface area contributed by atoms with Gasteiger partial charge in [-0.25, -0.2) is 16.8 Å². The zero-order valence-electron chi connectivity index (χ0n) is 48.4. The van der Waals surface area contributed by atoms with E-state index in [9.17, 15) is 21.6 Å². The van der Waals surface area contributed by atoms with Crippen LogP contribution in [0.4, 0.5) is 0 Å². The Labute approximate surface area is 486 Å². The second-order valence-corrected chi connectivity index (χ2v) is 36.4. The molecule has 0 fully saturated rings. The maximum atomic E-state index is 13.2. The molecule has 432 valence electrons. The largest absolute Gasteiger partial charge is 0.403 e. The van der Waals surface area contributed by atoms with Crippen molar-refractivity contribution in [3.05, 3.63) is 180 Å². The predicted molar refractivity (Wildman–Crippen MR) is 344 cm³/mol. The summed E-state index contributed by atoms with van der Waals surface area (Å²) in [5.41, 5.74) is 5.79. The third-order valence-electron chi connectivity index (χ3n) is 15.3. The molecule has 1 aliphatic rings. The van der Waals surface area contributed by atoms with Crippen molar-refractivity contribution in [1.82, 2.24) is 9.13 Å². The molecule has 0 radical (unpaired) electrons. The minimum absolute atomic E-state index is 0. The van der Waals surface area contributed by atoms with E-state index in [0.29, 0.717) is 40.7 Å². The lowest BCUT2D eigenvalue weighted by Gasteiger charge is -2.43. The van der Waals surface area contributed by atoms with E-state index in [1.54, 1.807) is 6.07 Å². The Kier molecular flexibility index (Phi) is 20.0. The Morgan fingerprint density at radius 2 is 0.963 bits per heavy atom. The average molecular weight is 1170 g/mol. The number of aliphatic imine (C=N–C) groups is 1. The minimum Gasteiger partial charge on any atom is -0.403 e. The van der Waals surface area contributed by atoms with E-state index in [0.717, 1.165) is 56.6 Å². The summed E-state index contributed by atoms with van der Waals surface area (Å²) in [6.07, 6.45) is 3.37. The van der Waals surface area contributed by atoms with E-state index >= 15 is 0 Å². The van der Waals surface area contributed by atoms with Crippen LogP contribution in [0, 0.1) is 11.8 Å². The maximum Gasteiger partial charge on any atom is 0.261 e. The molecule has 10 nitrogen and oxygen atoms in total. The lowest BCUT2D eigenvalue weighted by molar-refractivity contribution is 0.0930. The molecule has 3 heterocycles. The third kappa shape index (κ3) is 12.8. The first-order chi connectivity index (χ1) is 37.2. The zero-order chi connectivity index (χ0) is 57.3. The van der Waals surface area contributed by atoms with Crippen LogP contribution in [0.15, 0.2) is 173 Å². The molecule has 9 rings (SSSR count). The highest BCUT2D eigenvalue weighted by atomic mass is 32.2. The highest BCUT2D eigenvalue weighted by Gasteiger charge is 2.51. The summed E-state index contributed by atoms with van der Waals surface area (Å²) in [7, 11) is -12.8. The summed E-state index contributed by atoms with van der Waals surface area (Å²) < 4.78 is 71.0. The van der Waals surface area contributed by atoms with Gasteiger partial charge >= 0.3 is 0 Å². The first-order valence-corrected chi connectivity index (χ1v) is 35.2. The molecular weight excluding hydrogens is 1080 g/mol. The number of ketones is 1. The average Bonchev–Trinajstić information content (AvgIpc) is 3.96. The molecule has 81 heavy (non-hydrogen) atoms. The number of sulfone groups is 2. The molecule has 1 aliphatic heterocycles. The second-order valence-electron chi connectivity index (χ2n) is 23.8. The van der Waals surface area contributed by atoms with Gasteiger partial charge < -0.3 is 18.0 Å². The molecule has 0 bridgehead atoms. The number of hydrogen-bond donors (Lipinski definition) is 0. The van der Waals surface area contributed by atoms with Crippen molar-refractivity contribution in [2.75, 3.05) is 19.1 Å². The first kappa shape index (κ1) is 64.2. The lowest BCUT2D eigenvalue weighted by atomic mass is 10.0. The van der Waals surface area contributed by atoms with E-state index in [2.05, 4.69) is 146 Å². The number of nitrogens with zero attached hydrogens (tertiary/aromatic N) is 3. The molecule has 0 spiro atoms. The Hall–Kier alpha value is -6.01. The van der Waals surface area contributed by atoms with Gasteiger partial charge in [-0.05, 0) is 90.7 Å². The van der Waals surface area contributed by atoms with Crippen molar-refractivity contribution in [3.8, 4) is 0 Å². The van der Waals surface area contributed by atoms with Crippen LogP contribution in [-0.2, 0) is 54.8 Å². The smallest absolute Gasteiger partial charge is 0.261 e. The molecule has 8 aromatic rings. The van der Waals surface area contributed by atoms with Gasteiger partial charge in [0.25, 0.3) is 16.6 Å². The van der Waals surface area contributed by atoms with E-state index in [1.807, 2.05) is 91.2 Å². The Morgan fingerprint density at radius 3 is 1.31 bits per heavy atom. The number of carbonyl (C=O) groups is 1. The van der Waals surface area contributed by atoms with Crippen molar-refractivity contribution in [2.24, 2.45) is 16.8 Å². The van der Waals surface area contributed by atoms with Crippen molar-refractivity contribution < 1.29 is 30.5 Å². The van der Waals surface area contributed by atoms with Gasteiger partial charge in [-0.15, -0.1) is 0 Å². The van der Waals surface area contributed by atoms with Crippen LogP contribution in [0.5, 0.6) is 0 Å². The number of fused-ring (bicyclic) bond motifs is 4. The Balaban J connectivity index is 0.000000255. The van der Waals surface area contributed by atoms with Gasteiger partial charge in [0.2, 0.25) is 0 Å². The number of benzene rings is 6. The molecule has 6 aromatic carbocycles. The van der Waals surface area contributed by atoms with E-state index in [1.165, 1.54) is 22.9 Å². The van der Waals surface area contributed by atoms with E-state index in [4.69, 9.17) is 13.8 Å². The van der Waals surface area contributed by atoms with Gasteiger partial charge in [0.1, 0.15) is 0 Å². The van der Waals surface area contributed by atoms with E-state index < -0.39 is 36.3 Å². The molecule has 0 aliphatic carbocycles. The number of rotatable bonds is 17. The fourth-order valence-electron chi connectivity index (χ4n) is 11.7. The molecule has 0 amide bonds. The van der Waals surface area contributed by atoms with Crippen molar-refractivity contribution in [2.45, 2.75) is 144 Å². The summed E-state index contributed by atoms with van der Waals surface area (Å²) in [6, 6.07) is 53.1. The minimum atomic E-state index is -3.58. The molecule has 2 aromatic heterocycles. The maximum absolute atomic E-state index is 13.2. The van der Waals surface area contributed by atoms with Crippen LogP contribution in [-0.4, -0.2) is 73.2 Å². The molecule has 0 unspecified atom stereocenters. The summed E-state index contributed by atoms with van der Waals surface area (Å²) in [5, 5.41) is 6.03. The topological polar surface area (TPSA) is 126 Å². The Bertz CT molecular complexity index is 3650. The van der Waals surface area contributed by atoms with Crippen molar-refractivity contribution in [3.63, 3.8) is 0 Å². The zero-order valence-corrected chi connectivity index (χ0v) is 52.1. The van der Waals surface area contributed by atoms with Gasteiger partial charge in [0.15, 0.2) is 25.5 Å². The molecule has 0 saturated heterocycles. The van der Waals surface area contributed by atoms with Gasteiger partial charge in [-0.3, -0.25) is 9.79 Å². The number of aromatic nitrogens is 2. The fraction of sp³-hybridized carbons (Fsp3) is 0.373. The highest BCUT2D eigenvalue weighted by molar-refractivity contribution is 7.91. The van der Waals surface area contributed by atoms with Crippen LogP contribution in [0.1, 0.15) is 125 Å². The van der Waals surface area contributed by atoms with Crippen LogP contribution in [0.2, 0.25) is 10.1 Å². The van der Waals surface area contributed by atoms with E-state index in [-0.39, 0.29) is 54.7 Å². The third-order valence-corrected chi connectivity index (χ3v) is 27.7. The van der Waals surface area contributed by atoms with Crippen molar-refractivity contribution in [1.29, 1.82) is 0 Å². The molecule has 0 atom stereocenters. The van der Waals surface area contributed by atoms with Crippen molar-refractivity contribution >= 4 is 90.4 Å². The van der Waals surface area contributed by atoms with Crippen LogP contribution in [0.3, 0.4) is 0 Å². The lowest BCUT2D eigenvalue weighted by Crippen LogP contribution is -2.66. The van der Waals surface area contributed by atoms with Gasteiger partial charge in [0.05, 0.1) is 46.6 Å². The quantitative estimate of drug-likeness (QED) is 0.0656. The molecular formula is C67H87N3O7S2Si2. The molecule has 0 saturated carbocycles. The van der Waals surface area contributed by atoms with Crippen LogP contribution < -0.4 is 20.7 Å². The summed E-state index contributed by atoms with van der Waals surface area (Å²) in [4.78, 5) is 18.5. The van der Waals surface area contributed by atoms with Crippen LogP contribution >= 0.6 is 0 Å². The van der Waals surface area contributed by atoms with Crippen LogP contribution in [0.25, 0.3) is 21.8 Å². The van der Waals surface area contributed by atoms with Gasteiger partial charge in [-0.1, -0.05) is 212 Å². The monoisotopic (exact) mass is 1170 g/mol. The number of Topliss-reactive ketones (excluding diaryl/α,β-unsaturated/α-hetero) is 1. The molecule has 14 heteroatoms. The number of aryl methyl sites for hydroxylation is 1. The van der Waals surface area contributed by atoms with Gasteiger partial charge in [0, 0.05) is 53.3 Å². The standard InChI is InChI=1S/C33H41NO4SSi.C32H38N2O3SSi.2CH4/c1-8-19-34-29-22-31(39(7,36)37)26(20-25(29)21-30(34)32(35)24(2)3)23-38-40(33(4,5)6,27-15-11-9-12-16-27)28-17-13-10-14-18-28;1-23(2)31-29-20-24-19-25(30(38(6,35)36)21-28(24)34(29)18-17-33-31)22-37-39(32(3,4)5,26-13-9-7-10-14-26)27-15-11-8-12-16-27;;/h9-18,20-22,24H,8,19,23H2,1-7H3;7-16,19-21,23H,17-18,22H2,1-6H3;2*1H4. The summed E-state index contributed by atoms with van der Waals surface area (Å²) in [6.45, 7) is 25.9. The second kappa shape index (κ2) is 25.2. The number of carbonyl (C=O) groups excluding carboxylic acids is 1. The normalized spacial score (nSPS) is 13.3. The predicted octanol–water partition coefficient (Wildman–Crippen LogP) is 13.2. The Morgan fingerprint density at radius 1 is 0.580 bits per heavy atom. The van der Waals surface area contributed by atoms with Gasteiger partial charge in [-0.2, -0.15) is 0 Å². The fourth-order valence-corrected chi connectivity index (χ4v) is 22.6. The summed E-state index contributed by atoms with van der Waals surface area (Å²) >= 11 is 0. The highest BCUT2D eigenvalue weighted by Crippen LogP contribution is 2.40. The molecule has 0 N–H and O–H groups in total. The summed E-state index contributed by atoms with van der Waals surface area (Å²) in [5.74, 6) is 0.184. The SMILES string of the molecule is C.C.CC(C)C1=NCCn2c1cc1cc(CO[Si](c3ccccc3)(c3ccccc3)C(C)(C)C)c(S(C)(=O)=O)cc12.CCCn1c(C(=O)C(C)C)cc2cc(CO[Si](c3ccccc3)(c3ccccc3)C(C)(C)C)c(S(C)(=O)=O)cc21. The number of hydrogen-bond acceptors (Lipinski definition) is 8.